The molecule has 1 aliphatic heterocycles. The third kappa shape index (κ3) is 5.70. The van der Waals surface area contributed by atoms with Crippen molar-refractivity contribution in [3.05, 3.63) is 24.3 Å². The van der Waals surface area contributed by atoms with Crippen LogP contribution in [0.1, 0.15) is 26.5 Å². The number of aromatic nitrogens is 6. The monoisotopic (exact) mass is 479 g/mol. The second kappa shape index (κ2) is 10.1. The Morgan fingerprint density at radius 3 is 2.62 bits per heavy atom. The molecule has 1 fully saturated rings. The Labute approximate surface area is 194 Å². The minimum Gasteiger partial charge on any atom is -0.370 e. The summed E-state index contributed by atoms with van der Waals surface area (Å²) in [6.07, 6.45) is -0.754. The first-order chi connectivity index (χ1) is 16.2. The minimum atomic E-state index is -4.38. The first-order valence-corrected chi connectivity index (χ1v) is 11.2. The van der Waals surface area contributed by atoms with E-state index >= 15 is 0 Å². The van der Waals surface area contributed by atoms with Crippen LogP contribution in [0.5, 0.6) is 0 Å². The molecule has 4 heterocycles. The molecule has 0 unspecified atom stereocenters. The number of halogens is 3. The van der Waals surface area contributed by atoms with Gasteiger partial charge in [0.1, 0.15) is 29.8 Å². The molecule has 0 bridgehead atoms. The van der Waals surface area contributed by atoms with Crippen molar-refractivity contribution < 1.29 is 17.9 Å². The molecule has 0 aromatic carbocycles. The van der Waals surface area contributed by atoms with Crippen LogP contribution in [0.15, 0.2) is 18.6 Å². The Hall–Kier alpha value is -3.06. The molecule has 3 aromatic heterocycles. The molecule has 2 atom stereocenters. The summed E-state index contributed by atoms with van der Waals surface area (Å²) in [5.74, 6) is 1.56. The highest BCUT2D eigenvalue weighted by atomic mass is 19.4. The number of anilines is 3. The highest BCUT2D eigenvalue weighted by Gasteiger charge is 2.28. The quantitative estimate of drug-likeness (QED) is 0.472. The van der Waals surface area contributed by atoms with E-state index in [1.165, 1.54) is 6.33 Å². The molecular formula is C21H28F3N9O. The van der Waals surface area contributed by atoms with Gasteiger partial charge in [0.05, 0.1) is 18.8 Å². The maximum atomic E-state index is 12.5. The highest BCUT2D eigenvalue weighted by Crippen LogP contribution is 2.29. The van der Waals surface area contributed by atoms with Gasteiger partial charge in [0.2, 0.25) is 5.95 Å². The van der Waals surface area contributed by atoms with Gasteiger partial charge < -0.3 is 20.3 Å². The first-order valence-electron chi connectivity index (χ1n) is 11.2. The summed E-state index contributed by atoms with van der Waals surface area (Å²) >= 11 is 0. The number of aryl methyl sites for hydroxylation is 1. The van der Waals surface area contributed by atoms with Gasteiger partial charge in [0.25, 0.3) is 0 Å². The predicted octanol–water partition coefficient (Wildman–Crippen LogP) is 2.69. The Bertz CT molecular complexity index is 1100. The number of ether oxygens (including phenoxy) is 1. The summed E-state index contributed by atoms with van der Waals surface area (Å²) in [7, 11) is 0. The lowest BCUT2D eigenvalue weighted by Gasteiger charge is -2.36. The lowest BCUT2D eigenvalue weighted by molar-refractivity contribution is -0.174. The van der Waals surface area contributed by atoms with E-state index in [0.717, 1.165) is 18.8 Å². The summed E-state index contributed by atoms with van der Waals surface area (Å²) in [5.41, 5.74) is 1.97. The van der Waals surface area contributed by atoms with Gasteiger partial charge in [0, 0.05) is 31.4 Å². The fraction of sp³-hybridized carbons (Fsp3) is 0.571. The highest BCUT2D eigenvalue weighted by molar-refractivity contribution is 5.90. The Balaban J connectivity index is 1.73. The zero-order valence-corrected chi connectivity index (χ0v) is 19.3. The van der Waals surface area contributed by atoms with Crippen LogP contribution in [-0.4, -0.2) is 74.3 Å². The topological polar surface area (TPSA) is 106 Å². The molecule has 0 radical (unpaired) electrons. The van der Waals surface area contributed by atoms with Crippen LogP contribution < -0.4 is 15.5 Å². The van der Waals surface area contributed by atoms with E-state index in [1.54, 1.807) is 16.9 Å². The van der Waals surface area contributed by atoms with Gasteiger partial charge in [-0.25, -0.2) is 15.0 Å². The Morgan fingerprint density at radius 1 is 1.21 bits per heavy atom. The molecule has 3 aromatic rings. The smallest absolute Gasteiger partial charge is 0.370 e. The third-order valence-electron chi connectivity index (χ3n) is 5.36. The number of nitrogens with one attached hydrogen (secondary N) is 2. The van der Waals surface area contributed by atoms with Crippen molar-refractivity contribution in [3.8, 4) is 0 Å². The van der Waals surface area contributed by atoms with Crippen LogP contribution >= 0.6 is 0 Å². The fourth-order valence-corrected chi connectivity index (χ4v) is 4.08. The van der Waals surface area contributed by atoms with Crippen molar-refractivity contribution >= 4 is 28.6 Å². The number of nitrogens with zero attached hydrogens (tertiary/aromatic N) is 7. The maximum absolute atomic E-state index is 12.5. The predicted molar refractivity (Wildman–Crippen MR) is 121 cm³/mol. The molecule has 0 saturated carbocycles. The van der Waals surface area contributed by atoms with Crippen LogP contribution in [0.3, 0.4) is 0 Å². The molecule has 0 aliphatic carbocycles. The molecular weight excluding hydrogens is 451 g/mol. The van der Waals surface area contributed by atoms with Crippen LogP contribution in [-0.2, 0) is 17.7 Å². The van der Waals surface area contributed by atoms with E-state index in [9.17, 15) is 13.2 Å². The summed E-state index contributed by atoms with van der Waals surface area (Å²) in [6.45, 7) is 6.32. The van der Waals surface area contributed by atoms with Crippen molar-refractivity contribution in [2.24, 2.45) is 0 Å². The average molecular weight is 480 g/mol. The largest absolute Gasteiger partial charge is 0.411 e. The number of piperazine rings is 1. The molecule has 0 amide bonds. The Kier molecular flexibility index (Phi) is 7.12. The summed E-state index contributed by atoms with van der Waals surface area (Å²) in [6, 6.07) is 2.23. The van der Waals surface area contributed by atoms with Crippen LogP contribution in [0, 0.1) is 0 Å². The summed E-state index contributed by atoms with van der Waals surface area (Å²) in [5, 5.41) is 11.3. The van der Waals surface area contributed by atoms with Gasteiger partial charge in [-0.3, -0.25) is 4.68 Å². The van der Waals surface area contributed by atoms with Crippen molar-refractivity contribution in [3.63, 3.8) is 0 Å². The molecule has 10 nitrogen and oxygen atoms in total. The first kappa shape index (κ1) is 24.1. The zero-order chi connectivity index (χ0) is 24.3. The second-order valence-corrected chi connectivity index (χ2v) is 8.35. The van der Waals surface area contributed by atoms with Crippen molar-refractivity contribution in [1.29, 1.82) is 0 Å². The standard InChI is InChI=1S/C21H28F3N9O/c1-4-15-17-18(33(31-15)7-8-34-11-21(22,23)24)19(28-16-5-6-25-12-26-16)30-20(29-17)32-9-13(2)27-14(3)10-32/h5-6,12-14,27H,4,7-11H2,1-3H3,(H,25,26,28,29,30)/t13-,14-/m1/s1. The van der Waals surface area contributed by atoms with E-state index < -0.39 is 12.8 Å². The van der Waals surface area contributed by atoms with Crippen LogP contribution in [0.2, 0.25) is 0 Å². The molecule has 34 heavy (non-hydrogen) atoms. The number of fused-ring (bicyclic) bond motifs is 1. The van der Waals surface area contributed by atoms with Gasteiger partial charge in [-0.15, -0.1) is 0 Å². The maximum Gasteiger partial charge on any atom is 0.411 e. The van der Waals surface area contributed by atoms with Crippen molar-refractivity contribution in [2.45, 2.75) is 52.0 Å². The molecule has 2 N–H and O–H groups in total. The fourth-order valence-electron chi connectivity index (χ4n) is 4.08. The van der Waals surface area contributed by atoms with E-state index in [4.69, 9.17) is 14.7 Å². The normalized spacial score (nSPS) is 19.1. The molecule has 1 aliphatic rings. The van der Waals surface area contributed by atoms with Crippen LogP contribution in [0.25, 0.3) is 11.0 Å². The summed E-state index contributed by atoms with van der Waals surface area (Å²) < 4.78 is 43.8. The Morgan fingerprint density at radius 2 is 1.97 bits per heavy atom. The SMILES string of the molecule is CCc1nn(CCOCC(F)(F)F)c2c(Nc3ccncn3)nc(N3C[C@@H](C)N[C@H](C)C3)nc12. The van der Waals surface area contributed by atoms with Crippen molar-refractivity contribution in [1.82, 2.24) is 35.0 Å². The number of rotatable bonds is 8. The lowest BCUT2D eigenvalue weighted by atomic mass is 10.1. The second-order valence-electron chi connectivity index (χ2n) is 8.35. The van der Waals surface area contributed by atoms with E-state index in [1.807, 2.05) is 6.92 Å². The van der Waals surface area contributed by atoms with Gasteiger partial charge in [0.15, 0.2) is 5.82 Å². The lowest BCUT2D eigenvalue weighted by Crippen LogP contribution is -2.54. The van der Waals surface area contributed by atoms with E-state index in [0.29, 0.717) is 35.0 Å². The number of hydrogen-bond acceptors (Lipinski definition) is 9. The average Bonchev–Trinajstić information content (AvgIpc) is 3.14. The van der Waals surface area contributed by atoms with E-state index in [2.05, 4.69) is 44.4 Å². The molecule has 184 valence electrons. The zero-order valence-electron chi connectivity index (χ0n) is 19.3. The van der Waals surface area contributed by atoms with Crippen LogP contribution in [0.4, 0.5) is 30.8 Å². The molecule has 1 saturated heterocycles. The van der Waals surface area contributed by atoms with E-state index in [-0.39, 0.29) is 25.2 Å². The van der Waals surface area contributed by atoms with Gasteiger partial charge in [-0.2, -0.15) is 23.3 Å². The van der Waals surface area contributed by atoms with Crippen molar-refractivity contribution in [2.75, 3.05) is 36.5 Å². The van der Waals surface area contributed by atoms with Gasteiger partial charge >= 0.3 is 6.18 Å². The summed E-state index contributed by atoms with van der Waals surface area (Å²) in [4.78, 5) is 19.9. The molecule has 4 rings (SSSR count). The number of hydrogen-bond donors (Lipinski definition) is 2. The minimum absolute atomic E-state index is 0.120. The molecule has 13 heteroatoms. The van der Waals surface area contributed by atoms with Gasteiger partial charge in [-0.1, -0.05) is 6.92 Å². The molecule has 0 spiro atoms. The number of alkyl halides is 3. The van der Waals surface area contributed by atoms with Gasteiger partial charge in [-0.05, 0) is 26.3 Å². The third-order valence-corrected chi connectivity index (χ3v) is 5.36.